The number of carbonyl (C=O) groups excluding carboxylic acids is 2. The van der Waals surface area contributed by atoms with Gasteiger partial charge in [0.15, 0.2) is 0 Å². The first kappa shape index (κ1) is 22.9. The summed E-state index contributed by atoms with van der Waals surface area (Å²) in [7, 11) is 1.59. The number of para-hydroxylation sites is 1. The average molecular weight is 496 g/mol. The van der Waals surface area contributed by atoms with Crippen LogP contribution in [0.4, 0.5) is 0 Å². The molecule has 2 fully saturated rings. The van der Waals surface area contributed by atoms with Crippen molar-refractivity contribution in [2.45, 2.75) is 25.3 Å². The molecule has 1 aromatic carbocycles. The fourth-order valence-corrected chi connectivity index (χ4v) is 6.38. The third-order valence-corrected chi connectivity index (χ3v) is 8.06. The number of rotatable bonds is 5. The van der Waals surface area contributed by atoms with Crippen LogP contribution in [-0.4, -0.2) is 57.2 Å². The number of benzene rings is 1. The molecule has 0 spiro atoms. The van der Waals surface area contributed by atoms with Gasteiger partial charge in [-0.05, 0) is 30.5 Å². The Balaban J connectivity index is 1.24. The molecule has 5 rings (SSSR count). The van der Waals surface area contributed by atoms with Gasteiger partial charge in [0, 0.05) is 55.8 Å². The molecule has 34 heavy (non-hydrogen) atoms. The predicted molar refractivity (Wildman–Crippen MR) is 136 cm³/mol. The number of aromatic nitrogens is 1. The minimum Gasteiger partial charge on any atom is -0.496 e. The highest BCUT2D eigenvalue weighted by Gasteiger charge is 2.37. The van der Waals surface area contributed by atoms with E-state index < -0.39 is 0 Å². The van der Waals surface area contributed by atoms with E-state index in [9.17, 15) is 14.4 Å². The number of thiocarbonyl (C=S) groups is 1. The molecule has 4 heterocycles. The Hall–Kier alpha value is -2.91. The Labute approximate surface area is 207 Å². The molecule has 176 valence electrons. The zero-order valence-corrected chi connectivity index (χ0v) is 20.4. The van der Waals surface area contributed by atoms with Crippen molar-refractivity contribution in [2.24, 2.45) is 5.92 Å². The number of fused-ring (bicyclic) bond motifs is 4. The lowest BCUT2D eigenvalue weighted by atomic mass is 9.83. The third-order valence-electron chi connectivity index (χ3n) is 6.68. The standard InChI is InChI=1S/C25H25N3O4S2/c1-32-20-7-3-2-5-17(20)12-21-24(31)27(25(33)34-21)10-9-22(29)26-13-16-11-18(15-26)19-6-4-8-23(30)28(19)14-16/h2-8,12,16,18H,9-11,13-15H2,1H3/b21-12+/t16-,18+/m1/s1. The predicted octanol–water partition coefficient (Wildman–Crippen LogP) is 3.09. The van der Waals surface area contributed by atoms with E-state index in [0.717, 1.165) is 17.7 Å². The summed E-state index contributed by atoms with van der Waals surface area (Å²) < 4.78 is 7.69. The van der Waals surface area contributed by atoms with Gasteiger partial charge in [-0.2, -0.15) is 0 Å². The van der Waals surface area contributed by atoms with E-state index in [4.69, 9.17) is 17.0 Å². The number of thioether (sulfide) groups is 1. The minimum absolute atomic E-state index is 0.0178. The van der Waals surface area contributed by atoms with Crippen LogP contribution < -0.4 is 10.3 Å². The maximum Gasteiger partial charge on any atom is 0.266 e. The lowest BCUT2D eigenvalue weighted by molar-refractivity contribution is -0.134. The largest absolute Gasteiger partial charge is 0.496 e. The van der Waals surface area contributed by atoms with E-state index in [1.807, 2.05) is 39.8 Å². The molecule has 0 N–H and O–H groups in total. The molecule has 3 aliphatic heterocycles. The van der Waals surface area contributed by atoms with Crippen LogP contribution in [0.5, 0.6) is 5.75 Å². The maximum absolute atomic E-state index is 13.1. The summed E-state index contributed by atoms with van der Waals surface area (Å²) >= 11 is 6.69. The normalized spacial score (nSPS) is 22.8. The fraction of sp³-hybridized carbons (Fsp3) is 0.360. The van der Waals surface area contributed by atoms with Gasteiger partial charge in [-0.15, -0.1) is 0 Å². The highest BCUT2D eigenvalue weighted by Crippen LogP contribution is 2.36. The zero-order valence-electron chi connectivity index (χ0n) is 18.8. The van der Waals surface area contributed by atoms with Gasteiger partial charge in [0.25, 0.3) is 11.5 Å². The second-order valence-electron chi connectivity index (χ2n) is 8.82. The quantitative estimate of drug-likeness (QED) is 0.469. The van der Waals surface area contributed by atoms with Crippen LogP contribution in [-0.2, 0) is 16.1 Å². The smallest absolute Gasteiger partial charge is 0.266 e. The second-order valence-corrected chi connectivity index (χ2v) is 10.5. The zero-order chi connectivity index (χ0) is 23.8. The highest BCUT2D eigenvalue weighted by atomic mass is 32.2. The van der Waals surface area contributed by atoms with Crippen LogP contribution in [0, 0.1) is 5.92 Å². The van der Waals surface area contributed by atoms with Gasteiger partial charge in [-0.1, -0.05) is 48.2 Å². The molecule has 2 saturated heterocycles. The summed E-state index contributed by atoms with van der Waals surface area (Å²) in [5.41, 5.74) is 1.85. The molecule has 2 bridgehead atoms. The Morgan fingerprint density at radius 1 is 1.15 bits per heavy atom. The summed E-state index contributed by atoms with van der Waals surface area (Å²) in [4.78, 5) is 42.2. The summed E-state index contributed by atoms with van der Waals surface area (Å²) in [6.07, 6.45) is 3.00. The molecule has 0 saturated carbocycles. The van der Waals surface area contributed by atoms with Gasteiger partial charge >= 0.3 is 0 Å². The number of piperidine rings is 1. The number of hydrogen-bond acceptors (Lipinski definition) is 6. The number of ether oxygens (including phenoxy) is 1. The topological polar surface area (TPSA) is 71.8 Å². The van der Waals surface area contributed by atoms with Crippen molar-refractivity contribution in [2.75, 3.05) is 26.7 Å². The molecule has 0 radical (unpaired) electrons. The Bertz CT molecular complexity index is 1250. The first-order chi connectivity index (χ1) is 16.4. The van der Waals surface area contributed by atoms with Crippen LogP contribution in [0.3, 0.4) is 0 Å². The Kier molecular flexibility index (Phi) is 6.31. The number of amides is 2. The number of methoxy groups -OCH3 is 1. The van der Waals surface area contributed by atoms with Gasteiger partial charge < -0.3 is 14.2 Å². The van der Waals surface area contributed by atoms with Crippen molar-refractivity contribution >= 4 is 46.2 Å². The van der Waals surface area contributed by atoms with Gasteiger partial charge in [-0.3, -0.25) is 19.3 Å². The number of likely N-dealkylation sites (tertiary alicyclic amines) is 1. The van der Waals surface area contributed by atoms with E-state index in [1.54, 1.807) is 25.3 Å². The van der Waals surface area contributed by atoms with Crippen LogP contribution in [0.15, 0.2) is 52.2 Å². The van der Waals surface area contributed by atoms with Crippen molar-refractivity contribution in [3.63, 3.8) is 0 Å². The monoisotopic (exact) mass is 495 g/mol. The van der Waals surface area contributed by atoms with E-state index in [-0.39, 0.29) is 42.2 Å². The number of hydrogen-bond donors (Lipinski definition) is 0. The Morgan fingerprint density at radius 2 is 1.97 bits per heavy atom. The second kappa shape index (κ2) is 9.38. The van der Waals surface area contributed by atoms with E-state index in [2.05, 4.69) is 0 Å². The molecular formula is C25H25N3O4S2. The van der Waals surface area contributed by atoms with Gasteiger partial charge in [0.05, 0.1) is 12.0 Å². The highest BCUT2D eigenvalue weighted by molar-refractivity contribution is 8.26. The van der Waals surface area contributed by atoms with Crippen molar-refractivity contribution in [1.29, 1.82) is 0 Å². The fourth-order valence-electron chi connectivity index (χ4n) is 5.09. The number of carbonyl (C=O) groups is 2. The lowest BCUT2D eigenvalue weighted by Gasteiger charge is -2.42. The van der Waals surface area contributed by atoms with E-state index in [1.165, 1.54) is 16.7 Å². The summed E-state index contributed by atoms with van der Waals surface area (Å²) in [6, 6.07) is 12.9. The summed E-state index contributed by atoms with van der Waals surface area (Å²) in [6.45, 7) is 2.15. The van der Waals surface area contributed by atoms with Crippen molar-refractivity contribution < 1.29 is 14.3 Å². The van der Waals surface area contributed by atoms with Crippen LogP contribution in [0.2, 0.25) is 0 Å². The molecule has 0 unspecified atom stereocenters. The van der Waals surface area contributed by atoms with Crippen LogP contribution in [0.25, 0.3) is 6.08 Å². The first-order valence-corrected chi connectivity index (χ1v) is 12.5. The number of nitrogens with zero attached hydrogens (tertiary/aromatic N) is 3. The lowest BCUT2D eigenvalue weighted by Crippen LogP contribution is -2.49. The van der Waals surface area contributed by atoms with Gasteiger partial charge in [-0.25, -0.2) is 0 Å². The van der Waals surface area contributed by atoms with E-state index in [0.29, 0.717) is 34.6 Å². The molecule has 1 aromatic heterocycles. The molecule has 0 aliphatic carbocycles. The molecule has 9 heteroatoms. The third kappa shape index (κ3) is 4.30. The van der Waals surface area contributed by atoms with Crippen molar-refractivity contribution in [3.8, 4) is 5.75 Å². The summed E-state index contributed by atoms with van der Waals surface area (Å²) in [5, 5.41) is 0. The molecule has 2 amide bonds. The van der Waals surface area contributed by atoms with Gasteiger partial charge in [0.1, 0.15) is 10.1 Å². The average Bonchev–Trinajstić information content (AvgIpc) is 3.10. The molecule has 2 atom stereocenters. The molecule has 3 aliphatic rings. The van der Waals surface area contributed by atoms with Gasteiger partial charge in [0.2, 0.25) is 5.91 Å². The molecule has 2 aromatic rings. The minimum atomic E-state index is -0.183. The van der Waals surface area contributed by atoms with Crippen molar-refractivity contribution in [1.82, 2.24) is 14.4 Å². The maximum atomic E-state index is 13.1. The summed E-state index contributed by atoms with van der Waals surface area (Å²) in [5.74, 6) is 0.964. The first-order valence-electron chi connectivity index (χ1n) is 11.3. The molecular weight excluding hydrogens is 470 g/mol. The van der Waals surface area contributed by atoms with Crippen molar-refractivity contribution in [3.05, 3.63) is 69.0 Å². The van der Waals surface area contributed by atoms with Crippen LogP contribution in [0.1, 0.15) is 30.0 Å². The Morgan fingerprint density at radius 3 is 2.79 bits per heavy atom. The number of pyridine rings is 1. The van der Waals surface area contributed by atoms with Crippen LogP contribution >= 0.6 is 24.0 Å². The molecule has 7 nitrogen and oxygen atoms in total. The van der Waals surface area contributed by atoms with E-state index >= 15 is 0 Å². The SMILES string of the molecule is COc1ccccc1/C=C1/SC(=S)N(CCC(=O)N2C[C@H]3C[C@@H](C2)c2cccc(=O)n2C3)C1=O.